The van der Waals surface area contributed by atoms with Crippen LogP contribution in [0, 0.1) is 5.92 Å². The topological polar surface area (TPSA) is 43.1 Å². The summed E-state index contributed by atoms with van der Waals surface area (Å²) >= 11 is 5.79. The van der Waals surface area contributed by atoms with Crippen molar-refractivity contribution in [1.82, 2.24) is 0 Å². The van der Waals surface area contributed by atoms with Gasteiger partial charge in [0.25, 0.3) is 0 Å². The van der Waals surface area contributed by atoms with E-state index in [1.165, 1.54) is 0 Å². The maximum Gasteiger partial charge on any atom is 0.168 e. The number of Topliss-reactive ketones (excluding diaryl/α,β-unsaturated/α-hetero) is 1. The van der Waals surface area contributed by atoms with Gasteiger partial charge in [0, 0.05) is 22.2 Å². The Morgan fingerprint density at radius 1 is 1.33 bits per heavy atom. The van der Waals surface area contributed by atoms with Crippen molar-refractivity contribution in [2.24, 2.45) is 5.92 Å². The molecule has 1 saturated carbocycles. The van der Waals surface area contributed by atoms with Crippen LogP contribution in [0.1, 0.15) is 36.0 Å². The predicted octanol–water partition coefficient (Wildman–Crippen LogP) is 3.30. The minimum Gasteiger partial charge on any atom is -0.398 e. The lowest BCUT2D eigenvalue weighted by atomic mass is 9.95. The fourth-order valence-electron chi connectivity index (χ4n) is 2.17. The van der Waals surface area contributed by atoms with Crippen molar-refractivity contribution in [2.45, 2.75) is 25.7 Å². The molecule has 0 unspecified atom stereocenters. The predicted molar refractivity (Wildman–Crippen MR) is 62.2 cm³/mol. The Bertz CT molecular complexity index is 383. The number of rotatable bonds is 2. The van der Waals surface area contributed by atoms with Crippen molar-refractivity contribution in [3.05, 3.63) is 28.8 Å². The number of carbonyl (C=O) groups is 1. The molecule has 0 spiro atoms. The molecule has 3 heteroatoms. The molecule has 2 N–H and O–H groups in total. The van der Waals surface area contributed by atoms with Crippen molar-refractivity contribution in [3.63, 3.8) is 0 Å². The lowest BCUT2D eigenvalue weighted by Gasteiger charge is -2.10. The Balaban J connectivity index is 2.24. The average molecular weight is 224 g/mol. The van der Waals surface area contributed by atoms with Gasteiger partial charge in [-0.2, -0.15) is 0 Å². The summed E-state index contributed by atoms with van der Waals surface area (Å²) in [6, 6.07) is 5.10. The molecule has 1 aliphatic rings. The van der Waals surface area contributed by atoms with E-state index in [1.807, 2.05) is 0 Å². The van der Waals surface area contributed by atoms with Crippen molar-refractivity contribution in [3.8, 4) is 0 Å². The minimum atomic E-state index is 0.175. The lowest BCUT2D eigenvalue weighted by molar-refractivity contribution is 0.0924. The summed E-state index contributed by atoms with van der Waals surface area (Å²) in [7, 11) is 0. The van der Waals surface area contributed by atoms with Crippen molar-refractivity contribution in [1.29, 1.82) is 0 Å². The molecule has 0 heterocycles. The second-order valence-corrected chi connectivity index (χ2v) is 4.51. The Labute approximate surface area is 94.4 Å². The number of hydrogen-bond acceptors (Lipinski definition) is 2. The van der Waals surface area contributed by atoms with Gasteiger partial charge in [-0.25, -0.2) is 0 Å². The number of anilines is 1. The first-order valence-electron chi connectivity index (χ1n) is 5.27. The van der Waals surface area contributed by atoms with Crippen LogP contribution in [-0.2, 0) is 0 Å². The summed E-state index contributed by atoms with van der Waals surface area (Å²) < 4.78 is 0. The highest BCUT2D eigenvalue weighted by atomic mass is 35.5. The van der Waals surface area contributed by atoms with E-state index in [-0.39, 0.29) is 11.7 Å². The Hall–Kier alpha value is -1.02. The second kappa shape index (κ2) is 4.23. The summed E-state index contributed by atoms with van der Waals surface area (Å²) in [5, 5.41) is 0.579. The first kappa shape index (κ1) is 10.5. The van der Waals surface area contributed by atoms with Gasteiger partial charge in [0.15, 0.2) is 5.78 Å². The van der Waals surface area contributed by atoms with E-state index in [1.54, 1.807) is 18.2 Å². The fourth-order valence-corrected chi connectivity index (χ4v) is 2.35. The van der Waals surface area contributed by atoms with Gasteiger partial charge >= 0.3 is 0 Å². The van der Waals surface area contributed by atoms with Crippen LogP contribution in [0.25, 0.3) is 0 Å². The second-order valence-electron chi connectivity index (χ2n) is 4.08. The number of halogens is 1. The molecule has 0 bridgehead atoms. The Morgan fingerprint density at radius 3 is 2.60 bits per heavy atom. The molecule has 0 radical (unpaired) electrons. The molecule has 0 atom stereocenters. The number of carbonyl (C=O) groups excluding carboxylic acids is 1. The third kappa shape index (κ3) is 2.15. The van der Waals surface area contributed by atoms with Gasteiger partial charge in [-0.15, -0.1) is 0 Å². The average Bonchev–Trinajstić information content (AvgIpc) is 2.69. The van der Waals surface area contributed by atoms with Crippen molar-refractivity contribution in [2.75, 3.05) is 5.73 Å². The highest BCUT2D eigenvalue weighted by Gasteiger charge is 2.24. The van der Waals surface area contributed by atoms with E-state index >= 15 is 0 Å². The van der Waals surface area contributed by atoms with Crippen LogP contribution < -0.4 is 5.73 Å². The molecular weight excluding hydrogens is 210 g/mol. The molecule has 1 fully saturated rings. The molecule has 0 aromatic heterocycles. The molecule has 1 aromatic rings. The number of benzene rings is 1. The van der Waals surface area contributed by atoms with Crippen LogP contribution in [-0.4, -0.2) is 5.78 Å². The lowest BCUT2D eigenvalue weighted by Crippen LogP contribution is -2.13. The molecule has 2 rings (SSSR count). The normalized spacial score (nSPS) is 16.9. The summed E-state index contributed by atoms with van der Waals surface area (Å²) in [6.07, 6.45) is 4.32. The van der Waals surface area contributed by atoms with Crippen LogP contribution in [0.15, 0.2) is 18.2 Å². The largest absolute Gasteiger partial charge is 0.398 e. The van der Waals surface area contributed by atoms with Crippen molar-refractivity contribution < 1.29 is 4.79 Å². The quantitative estimate of drug-likeness (QED) is 0.618. The number of nitrogen functional groups attached to an aromatic ring is 1. The van der Waals surface area contributed by atoms with Crippen LogP contribution in [0.2, 0.25) is 5.02 Å². The van der Waals surface area contributed by atoms with Gasteiger partial charge in [-0.3, -0.25) is 4.79 Å². The standard InChI is InChI=1S/C12H14ClNO/c13-9-5-6-10(11(14)7-9)12(15)8-3-1-2-4-8/h5-8H,1-4,14H2. The van der Waals surface area contributed by atoms with E-state index in [9.17, 15) is 4.79 Å². The molecular formula is C12H14ClNO. The molecule has 0 aliphatic heterocycles. The van der Waals surface area contributed by atoms with Crippen LogP contribution in [0.3, 0.4) is 0 Å². The first-order chi connectivity index (χ1) is 7.18. The maximum atomic E-state index is 12.1. The van der Waals surface area contributed by atoms with Crippen LogP contribution >= 0.6 is 11.6 Å². The Kier molecular flexibility index (Phi) is 2.96. The minimum absolute atomic E-state index is 0.175. The first-order valence-corrected chi connectivity index (χ1v) is 5.65. The summed E-state index contributed by atoms with van der Waals surface area (Å²) in [5.41, 5.74) is 6.91. The van der Waals surface area contributed by atoms with Crippen LogP contribution in [0.4, 0.5) is 5.69 Å². The van der Waals surface area contributed by atoms with E-state index in [0.29, 0.717) is 16.3 Å². The summed E-state index contributed by atoms with van der Waals surface area (Å²) in [5.74, 6) is 0.357. The monoisotopic (exact) mass is 223 g/mol. The number of nitrogens with two attached hydrogens (primary N) is 1. The SMILES string of the molecule is Nc1cc(Cl)ccc1C(=O)C1CCCC1. The van der Waals surface area contributed by atoms with Gasteiger partial charge < -0.3 is 5.73 Å². The molecule has 0 amide bonds. The van der Waals surface area contributed by atoms with Gasteiger partial charge in [0.2, 0.25) is 0 Å². The zero-order chi connectivity index (χ0) is 10.8. The summed E-state index contributed by atoms with van der Waals surface area (Å²) in [6.45, 7) is 0. The zero-order valence-electron chi connectivity index (χ0n) is 8.50. The Morgan fingerprint density at radius 2 is 2.00 bits per heavy atom. The van der Waals surface area contributed by atoms with Gasteiger partial charge in [-0.1, -0.05) is 24.4 Å². The van der Waals surface area contributed by atoms with Crippen LogP contribution in [0.5, 0.6) is 0 Å². The molecule has 0 saturated heterocycles. The third-order valence-electron chi connectivity index (χ3n) is 3.01. The van der Waals surface area contributed by atoms with E-state index in [2.05, 4.69) is 0 Å². The molecule has 1 aromatic carbocycles. The van der Waals surface area contributed by atoms with E-state index in [0.717, 1.165) is 25.7 Å². The molecule has 1 aliphatic carbocycles. The highest BCUT2D eigenvalue weighted by Crippen LogP contribution is 2.30. The third-order valence-corrected chi connectivity index (χ3v) is 3.24. The zero-order valence-corrected chi connectivity index (χ0v) is 9.26. The van der Waals surface area contributed by atoms with Gasteiger partial charge in [0.05, 0.1) is 0 Å². The summed E-state index contributed by atoms with van der Waals surface area (Å²) in [4.78, 5) is 12.1. The fraction of sp³-hybridized carbons (Fsp3) is 0.417. The highest BCUT2D eigenvalue weighted by molar-refractivity contribution is 6.31. The van der Waals surface area contributed by atoms with Gasteiger partial charge in [-0.05, 0) is 31.0 Å². The maximum absolute atomic E-state index is 12.1. The molecule has 80 valence electrons. The van der Waals surface area contributed by atoms with E-state index < -0.39 is 0 Å². The van der Waals surface area contributed by atoms with Crippen molar-refractivity contribution >= 4 is 23.1 Å². The van der Waals surface area contributed by atoms with E-state index in [4.69, 9.17) is 17.3 Å². The molecule has 15 heavy (non-hydrogen) atoms. The number of ketones is 1. The number of hydrogen-bond donors (Lipinski definition) is 1. The van der Waals surface area contributed by atoms with Gasteiger partial charge in [0.1, 0.15) is 0 Å². The smallest absolute Gasteiger partial charge is 0.168 e. The molecule has 2 nitrogen and oxygen atoms in total.